The third-order valence-electron chi connectivity index (χ3n) is 6.48. The van der Waals surface area contributed by atoms with Crippen molar-refractivity contribution in [3.05, 3.63) is 105 Å². The van der Waals surface area contributed by atoms with E-state index in [1.807, 2.05) is 25.1 Å². The first-order valence-corrected chi connectivity index (χ1v) is 12.9. The van der Waals surface area contributed by atoms with Crippen LogP contribution in [0.3, 0.4) is 0 Å². The molecule has 0 N–H and O–H groups in total. The lowest BCUT2D eigenvalue weighted by Crippen LogP contribution is -2.40. The molecule has 37 heavy (non-hydrogen) atoms. The zero-order valence-electron chi connectivity index (χ0n) is 20.5. The van der Waals surface area contributed by atoms with Gasteiger partial charge >= 0.3 is 0 Å². The topological polar surface area (TPSA) is 75.9 Å². The molecule has 0 saturated carbocycles. The molecule has 1 atom stereocenters. The van der Waals surface area contributed by atoms with E-state index in [1.165, 1.54) is 29.7 Å². The fourth-order valence-corrected chi connectivity index (χ4v) is 5.09. The van der Waals surface area contributed by atoms with Crippen molar-refractivity contribution in [3.63, 3.8) is 0 Å². The van der Waals surface area contributed by atoms with Gasteiger partial charge < -0.3 is 19.0 Å². The summed E-state index contributed by atoms with van der Waals surface area (Å²) in [7, 11) is 1.74. The van der Waals surface area contributed by atoms with Crippen LogP contribution < -0.4 is 4.74 Å². The largest absolute Gasteiger partial charge is 0.486 e. The number of carbonyl (C=O) groups is 2. The van der Waals surface area contributed by atoms with Crippen molar-refractivity contribution >= 4 is 23.2 Å². The number of halogens is 1. The van der Waals surface area contributed by atoms with Gasteiger partial charge in [-0.25, -0.2) is 9.37 Å². The van der Waals surface area contributed by atoms with Gasteiger partial charge in [-0.3, -0.25) is 9.59 Å². The van der Waals surface area contributed by atoms with Gasteiger partial charge in [0, 0.05) is 25.5 Å². The quantitative estimate of drug-likeness (QED) is 0.330. The van der Waals surface area contributed by atoms with E-state index in [4.69, 9.17) is 9.15 Å². The normalized spacial score (nSPS) is 14.8. The molecule has 7 nitrogen and oxygen atoms in total. The summed E-state index contributed by atoms with van der Waals surface area (Å²) in [6.45, 7) is 3.22. The number of aromatic nitrogens is 1. The highest BCUT2D eigenvalue weighted by molar-refractivity contribution is 7.09. The third-order valence-corrected chi connectivity index (χ3v) is 7.30. The molecule has 9 heteroatoms. The average Bonchev–Trinajstić information content (AvgIpc) is 3.63. The van der Waals surface area contributed by atoms with Crippen molar-refractivity contribution in [2.24, 2.45) is 0 Å². The first-order chi connectivity index (χ1) is 17.9. The molecule has 0 aliphatic carbocycles. The maximum Gasteiger partial charge on any atom is 0.290 e. The minimum absolute atomic E-state index is 0.123. The first kappa shape index (κ1) is 24.7. The summed E-state index contributed by atoms with van der Waals surface area (Å²) in [5.74, 6) is 0.181. The molecule has 0 radical (unpaired) electrons. The number of thiazole rings is 1. The number of ether oxygens (including phenoxy) is 1. The minimum atomic E-state index is -0.431. The number of hydrogen-bond acceptors (Lipinski definition) is 6. The van der Waals surface area contributed by atoms with E-state index < -0.39 is 6.04 Å². The van der Waals surface area contributed by atoms with Crippen LogP contribution in [-0.4, -0.2) is 46.7 Å². The van der Waals surface area contributed by atoms with Crippen LogP contribution in [0.1, 0.15) is 55.7 Å². The number of fused-ring (bicyclic) bond motifs is 1. The molecule has 0 spiro atoms. The van der Waals surface area contributed by atoms with Crippen LogP contribution in [0, 0.1) is 5.82 Å². The van der Waals surface area contributed by atoms with Crippen molar-refractivity contribution in [1.82, 2.24) is 14.8 Å². The zero-order chi connectivity index (χ0) is 25.9. The second-order valence-corrected chi connectivity index (χ2v) is 9.72. The van der Waals surface area contributed by atoms with Crippen molar-refractivity contribution in [3.8, 4) is 5.75 Å². The summed E-state index contributed by atoms with van der Waals surface area (Å²) < 4.78 is 25.2. The van der Waals surface area contributed by atoms with Crippen molar-refractivity contribution in [1.29, 1.82) is 0 Å². The van der Waals surface area contributed by atoms with E-state index in [0.29, 0.717) is 36.0 Å². The Morgan fingerprint density at radius 2 is 2.03 bits per heavy atom. The van der Waals surface area contributed by atoms with Gasteiger partial charge in [-0.1, -0.05) is 18.2 Å². The Kier molecular flexibility index (Phi) is 7.05. The van der Waals surface area contributed by atoms with Crippen LogP contribution in [0.4, 0.5) is 4.39 Å². The van der Waals surface area contributed by atoms with E-state index in [-0.39, 0.29) is 30.0 Å². The number of rotatable bonds is 7. The molecule has 1 unspecified atom stereocenters. The highest BCUT2D eigenvalue weighted by Crippen LogP contribution is 2.38. The minimum Gasteiger partial charge on any atom is -0.486 e. The predicted molar refractivity (Wildman–Crippen MR) is 137 cm³/mol. The summed E-state index contributed by atoms with van der Waals surface area (Å²) in [6.07, 6.45) is 2.14. The van der Waals surface area contributed by atoms with Gasteiger partial charge in [-0.05, 0) is 66.4 Å². The molecule has 2 amide bonds. The van der Waals surface area contributed by atoms with Gasteiger partial charge in [-0.2, -0.15) is 0 Å². The van der Waals surface area contributed by atoms with Gasteiger partial charge in [0.15, 0.2) is 5.76 Å². The summed E-state index contributed by atoms with van der Waals surface area (Å²) in [5.41, 5.74) is 3.20. The molecule has 0 saturated heterocycles. The molecule has 2 aromatic heterocycles. The lowest BCUT2D eigenvalue weighted by atomic mass is 9.87. The number of amides is 2. The second kappa shape index (κ2) is 10.6. The molecule has 3 heterocycles. The highest BCUT2D eigenvalue weighted by atomic mass is 32.1. The lowest BCUT2D eigenvalue weighted by molar-refractivity contribution is 0.0661. The van der Waals surface area contributed by atoms with Crippen LogP contribution in [-0.2, 0) is 13.0 Å². The molecule has 0 fully saturated rings. The van der Waals surface area contributed by atoms with Crippen LogP contribution >= 0.6 is 11.3 Å². The van der Waals surface area contributed by atoms with Crippen LogP contribution in [0.15, 0.2) is 70.7 Å². The Morgan fingerprint density at radius 1 is 1.22 bits per heavy atom. The number of benzene rings is 2. The fraction of sp³-hybridized carbons (Fsp3) is 0.250. The molecular formula is C28H26FN3O4S. The Labute approximate surface area is 218 Å². The second-order valence-electron chi connectivity index (χ2n) is 8.78. The van der Waals surface area contributed by atoms with Gasteiger partial charge in [0.1, 0.15) is 28.9 Å². The summed E-state index contributed by atoms with van der Waals surface area (Å²) in [6, 6.07) is 14.9. The van der Waals surface area contributed by atoms with Crippen LogP contribution in [0.25, 0.3) is 0 Å². The number of furan rings is 1. The van der Waals surface area contributed by atoms with Crippen LogP contribution in [0.2, 0.25) is 0 Å². The van der Waals surface area contributed by atoms with Crippen LogP contribution in [0.5, 0.6) is 5.75 Å². The highest BCUT2D eigenvalue weighted by Gasteiger charge is 2.34. The first-order valence-electron chi connectivity index (χ1n) is 12.0. The van der Waals surface area contributed by atoms with Crippen molar-refractivity contribution in [2.45, 2.75) is 26.0 Å². The van der Waals surface area contributed by atoms with E-state index in [2.05, 4.69) is 4.98 Å². The Balaban J connectivity index is 1.42. The number of nitrogens with zero attached hydrogens (tertiary/aromatic N) is 3. The lowest BCUT2D eigenvalue weighted by Gasteiger charge is -2.37. The maximum absolute atomic E-state index is 13.7. The molecule has 190 valence electrons. The van der Waals surface area contributed by atoms with E-state index in [9.17, 15) is 14.0 Å². The third kappa shape index (κ3) is 5.13. The molecular weight excluding hydrogens is 493 g/mol. The maximum atomic E-state index is 13.7. The molecule has 2 aromatic carbocycles. The van der Waals surface area contributed by atoms with Crippen molar-refractivity contribution in [2.75, 3.05) is 20.1 Å². The molecule has 5 rings (SSSR count). The molecule has 1 aliphatic heterocycles. The van der Waals surface area contributed by atoms with Gasteiger partial charge in [-0.15, -0.1) is 11.3 Å². The Morgan fingerprint density at radius 3 is 2.76 bits per heavy atom. The summed E-state index contributed by atoms with van der Waals surface area (Å²) in [4.78, 5) is 33.5. The van der Waals surface area contributed by atoms with Crippen molar-refractivity contribution < 1.29 is 23.1 Å². The average molecular weight is 520 g/mol. The SMILES string of the molecule is CCN(C)C(=O)c1csc(COc2ccc3c(c2)C(c2ccc(F)cc2)N(C(=O)c2ccco2)CC3)n1. The van der Waals surface area contributed by atoms with E-state index in [1.54, 1.807) is 46.5 Å². The number of carbonyl (C=O) groups excluding carboxylic acids is 2. The monoisotopic (exact) mass is 519 g/mol. The Hall–Kier alpha value is -3.98. The standard InChI is InChI=1S/C28H26FN3O4S/c1-3-31(2)27(33)23-17-37-25(30-23)16-36-21-11-8-18-12-13-32(28(34)24-5-4-14-35-24)26(22(18)15-21)19-6-9-20(29)10-7-19/h4-11,14-15,17,26H,3,12-13,16H2,1-2H3. The zero-order valence-corrected chi connectivity index (χ0v) is 21.3. The van der Waals surface area contributed by atoms with Gasteiger partial charge in [0.25, 0.3) is 11.8 Å². The molecule has 1 aliphatic rings. The van der Waals surface area contributed by atoms with Gasteiger partial charge in [0.05, 0.1) is 12.3 Å². The van der Waals surface area contributed by atoms with E-state index in [0.717, 1.165) is 16.7 Å². The Bertz CT molecular complexity index is 1400. The predicted octanol–water partition coefficient (Wildman–Crippen LogP) is 5.33. The smallest absolute Gasteiger partial charge is 0.290 e. The van der Waals surface area contributed by atoms with Gasteiger partial charge in [0.2, 0.25) is 0 Å². The number of hydrogen-bond donors (Lipinski definition) is 0. The summed E-state index contributed by atoms with van der Waals surface area (Å²) in [5, 5.41) is 2.43. The fourth-order valence-electron chi connectivity index (χ4n) is 4.41. The molecule has 4 aromatic rings. The van der Waals surface area contributed by atoms with E-state index >= 15 is 0 Å². The molecule has 0 bridgehead atoms. The summed E-state index contributed by atoms with van der Waals surface area (Å²) >= 11 is 1.37.